The Labute approximate surface area is 114 Å². The van der Waals surface area contributed by atoms with Gasteiger partial charge in [-0.3, -0.25) is 0 Å². The highest BCUT2D eigenvalue weighted by Crippen LogP contribution is 2.55. The summed E-state index contributed by atoms with van der Waals surface area (Å²) in [6, 6.07) is 10.7. The second-order valence-corrected chi connectivity index (χ2v) is 5.68. The summed E-state index contributed by atoms with van der Waals surface area (Å²) < 4.78 is 11.5. The number of benzene rings is 1. The summed E-state index contributed by atoms with van der Waals surface area (Å²) in [4.78, 5) is 0. The minimum Gasteiger partial charge on any atom is -0.356 e. The van der Waals surface area contributed by atoms with Gasteiger partial charge in [0.2, 0.25) is 0 Å². The SMILES string of the molecule is CO[C@H]1O[C@H]([C@@H](NN(C)C)c2ccccc2)[C@@H]2C[C@H]12. The molecule has 4 nitrogen and oxygen atoms in total. The summed E-state index contributed by atoms with van der Waals surface area (Å²) >= 11 is 0. The van der Waals surface area contributed by atoms with E-state index in [4.69, 9.17) is 9.47 Å². The molecule has 0 radical (unpaired) electrons. The van der Waals surface area contributed by atoms with E-state index < -0.39 is 0 Å². The predicted octanol–water partition coefficient (Wildman–Crippen LogP) is 1.80. The van der Waals surface area contributed by atoms with Crippen molar-refractivity contribution in [1.82, 2.24) is 10.4 Å². The highest BCUT2D eigenvalue weighted by Gasteiger charge is 2.58. The topological polar surface area (TPSA) is 33.7 Å². The lowest BCUT2D eigenvalue weighted by Gasteiger charge is -2.30. The van der Waals surface area contributed by atoms with Crippen molar-refractivity contribution in [1.29, 1.82) is 0 Å². The van der Waals surface area contributed by atoms with Crippen molar-refractivity contribution >= 4 is 0 Å². The number of nitrogens with zero attached hydrogens (tertiary/aromatic N) is 1. The lowest BCUT2D eigenvalue weighted by atomic mass is 9.99. The zero-order valence-electron chi connectivity index (χ0n) is 11.7. The van der Waals surface area contributed by atoms with Crippen LogP contribution >= 0.6 is 0 Å². The van der Waals surface area contributed by atoms with E-state index >= 15 is 0 Å². The Hall–Kier alpha value is -0.940. The van der Waals surface area contributed by atoms with Gasteiger partial charge in [0.25, 0.3) is 0 Å². The lowest BCUT2D eigenvalue weighted by Crippen LogP contribution is -2.41. The van der Waals surface area contributed by atoms with Crippen LogP contribution in [0.4, 0.5) is 0 Å². The van der Waals surface area contributed by atoms with Crippen LogP contribution in [0.2, 0.25) is 0 Å². The van der Waals surface area contributed by atoms with Gasteiger partial charge < -0.3 is 9.47 Å². The van der Waals surface area contributed by atoms with Crippen LogP contribution in [-0.4, -0.2) is 38.6 Å². The van der Waals surface area contributed by atoms with Gasteiger partial charge >= 0.3 is 0 Å². The molecule has 0 amide bonds. The third-order valence-electron chi connectivity index (χ3n) is 4.07. The molecular formula is C15H22N2O2. The van der Waals surface area contributed by atoms with Crippen LogP contribution in [0.3, 0.4) is 0 Å². The molecule has 19 heavy (non-hydrogen) atoms. The van der Waals surface area contributed by atoms with E-state index in [0.717, 1.165) is 0 Å². The van der Waals surface area contributed by atoms with Gasteiger partial charge in [0, 0.05) is 27.1 Å². The highest BCUT2D eigenvalue weighted by atomic mass is 16.7. The summed E-state index contributed by atoms with van der Waals surface area (Å²) in [5, 5.41) is 2.00. The molecule has 1 N–H and O–H groups in total. The standard InChI is InChI=1S/C15H22N2O2/c1-17(2)16-13(10-7-5-4-6-8-10)14-11-9-12(11)15(18-3)19-14/h4-8,11-16H,9H2,1-3H3/t11-,12+,13+,14+,15+/m1/s1. The van der Waals surface area contributed by atoms with Gasteiger partial charge in [-0.25, -0.2) is 10.4 Å². The van der Waals surface area contributed by atoms with Crippen molar-refractivity contribution < 1.29 is 9.47 Å². The number of hydrogen-bond donors (Lipinski definition) is 1. The van der Waals surface area contributed by atoms with Crippen molar-refractivity contribution in [2.24, 2.45) is 11.8 Å². The molecule has 1 aromatic rings. The fourth-order valence-electron chi connectivity index (χ4n) is 3.12. The summed E-state index contributed by atoms with van der Waals surface area (Å²) in [6.07, 6.45) is 1.40. The van der Waals surface area contributed by atoms with E-state index in [1.165, 1.54) is 12.0 Å². The number of methoxy groups -OCH3 is 1. The van der Waals surface area contributed by atoms with Gasteiger partial charge in [-0.2, -0.15) is 0 Å². The van der Waals surface area contributed by atoms with Crippen molar-refractivity contribution in [3.05, 3.63) is 35.9 Å². The zero-order chi connectivity index (χ0) is 13.4. The van der Waals surface area contributed by atoms with Gasteiger partial charge in [0.1, 0.15) is 0 Å². The molecule has 2 aliphatic rings. The Kier molecular flexibility index (Phi) is 3.58. The number of hydrazine groups is 1. The molecule has 1 aromatic carbocycles. The van der Waals surface area contributed by atoms with Gasteiger partial charge in [0.05, 0.1) is 12.1 Å². The fraction of sp³-hybridized carbons (Fsp3) is 0.600. The Morgan fingerprint density at radius 3 is 2.58 bits per heavy atom. The average Bonchev–Trinajstić information content (AvgIpc) is 3.12. The van der Waals surface area contributed by atoms with Crippen molar-refractivity contribution in [2.75, 3.05) is 21.2 Å². The van der Waals surface area contributed by atoms with Crippen LogP contribution in [0.15, 0.2) is 30.3 Å². The fourth-order valence-corrected chi connectivity index (χ4v) is 3.12. The van der Waals surface area contributed by atoms with Crippen LogP contribution in [0.25, 0.3) is 0 Å². The van der Waals surface area contributed by atoms with Crippen LogP contribution in [0.5, 0.6) is 0 Å². The minimum absolute atomic E-state index is 0.0230. The van der Waals surface area contributed by atoms with Crippen LogP contribution in [-0.2, 0) is 9.47 Å². The molecule has 0 bridgehead atoms. The van der Waals surface area contributed by atoms with E-state index in [9.17, 15) is 0 Å². The van der Waals surface area contributed by atoms with Gasteiger partial charge in [-0.05, 0) is 17.9 Å². The Bertz CT molecular complexity index is 423. The zero-order valence-corrected chi connectivity index (χ0v) is 11.7. The van der Waals surface area contributed by atoms with E-state index in [0.29, 0.717) is 11.8 Å². The highest BCUT2D eigenvalue weighted by molar-refractivity contribution is 5.22. The molecule has 0 aromatic heterocycles. The maximum Gasteiger partial charge on any atom is 0.160 e. The number of fused-ring (bicyclic) bond motifs is 1. The van der Waals surface area contributed by atoms with Gasteiger partial charge in [-0.1, -0.05) is 30.3 Å². The molecule has 0 unspecified atom stereocenters. The molecule has 5 atom stereocenters. The Morgan fingerprint density at radius 1 is 1.26 bits per heavy atom. The molecule has 1 aliphatic carbocycles. The van der Waals surface area contributed by atoms with Crippen LogP contribution in [0.1, 0.15) is 18.0 Å². The third-order valence-corrected chi connectivity index (χ3v) is 4.07. The maximum absolute atomic E-state index is 6.08. The average molecular weight is 262 g/mol. The molecule has 2 fully saturated rings. The first kappa shape index (κ1) is 13.1. The predicted molar refractivity (Wildman–Crippen MR) is 73.3 cm³/mol. The van der Waals surface area contributed by atoms with Crippen LogP contribution < -0.4 is 5.43 Å². The van der Waals surface area contributed by atoms with Crippen molar-refractivity contribution in [2.45, 2.75) is 24.9 Å². The van der Waals surface area contributed by atoms with E-state index in [1.54, 1.807) is 7.11 Å². The first-order valence-electron chi connectivity index (χ1n) is 6.87. The van der Waals surface area contributed by atoms with Crippen molar-refractivity contribution in [3.63, 3.8) is 0 Å². The minimum atomic E-state index is -0.0230. The lowest BCUT2D eigenvalue weighted by molar-refractivity contribution is -0.146. The second kappa shape index (κ2) is 5.21. The summed E-state index contributed by atoms with van der Waals surface area (Å²) in [6.45, 7) is 0. The monoisotopic (exact) mass is 262 g/mol. The summed E-state index contributed by atoms with van der Waals surface area (Å²) in [5.41, 5.74) is 4.76. The number of nitrogens with one attached hydrogen (secondary N) is 1. The molecule has 3 rings (SSSR count). The Morgan fingerprint density at radius 2 is 2.00 bits per heavy atom. The summed E-state index contributed by atoms with van der Waals surface area (Å²) in [5.74, 6) is 1.22. The quantitative estimate of drug-likeness (QED) is 0.821. The molecule has 104 valence electrons. The molecule has 1 aliphatic heterocycles. The van der Waals surface area contributed by atoms with E-state index in [1.807, 2.05) is 25.2 Å². The maximum atomic E-state index is 6.08. The number of rotatable bonds is 5. The number of hydrogen-bond acceptors (Lipinski definition) is 4. The first-order chi connectivity index (χ1) is 9.20. The molecule has 1 heterocycles. The molecule has 1 saturated carbocycles. The molecule has 4 heteroatoms. The smallest absolute Gasteiger partial charge is 0.160 e. The Balaban J connectivity index is 1.80. The molecule has 0 spiro atoms. The van der Waals surface area contributed by atoms with Crippen molar-refractivity contribution in [3.8, 4) is 0 Å². The van der Waals surface area contributed by atoms with E-state index in [2.05, 4.69) is 29.7 Å². The van der Waals surface area contributed by atoms with Gasteiger partial charge in [-0.15, -0.1) is 0 Å². The molecule has 1 saturated heterocycles. The summed E-state index contributed by atoms with van der Waals surface area (Å²) in [7, 11) is 5.77. The van der Waals surface area contributed by atoms with Gasteiger partial charge in [0.15, 0.2) is 6.29 Å². The normalized spacial score (nSPS) is 34.3. The molecular weight excluding hydrogens is 240 g/mol. The number of ether oxygens (including phenoxy) is 2. The second-order valence-electron chi connectivity index (χ2n) is 5.68. The van der Waals surface area contributed by atoms with E-state index in [-0.39, 0.29) is 18.4 Å². The van der Waals surface area contributed by atoms with Crippen LogP contribution in [0, 0.1) is 11.8 Å². The third kappa shape index (κ3) is 2.54. The largest absolute Gasteiger partial charge is 0.356 e. The first-order valence-corrected chi connectivity index (χ1v) is 6.87.